The average molecular weight is 230 g/mol. The lowest BCUT2D eigenvalue weighted by molar-refractivity contribution is 0.310. The van der Waals surface area contributed by atoms with Crippen molar-refractivity contribution in [2.24, 2.45) is 0 Å². The number of ether oxygens (including phenoxy) is 1. The quantitative estimate of drug-likeness (QED) is 0.860. The largest absolute Gasteiger partial charge is 0.464 e. The molecule has 0 saturated heterocycles. The summed E-state index contributed by atoms with van der Waals surface area (Å²) in [7, 11) is 0. The van der Waals surface area contributed by atoms with Crippen LogP contribution in [0.4, 0.5) is 5.95 Å². The number of hydrogen-bond acceptors (Lipinski definition) is 5. The summed E-state index contributed by atoms with van der Waals surface area (Å²) < 4.78 is 5.22. The Labute approximate surface area is 99.7 Å². The number of benzene rings is 1. The monoisotopic (exact) mass is 230 g/mol. The Morgan fingerprint density at radius 2 is 1.88 bits per heavy atom. The van der Waals surface area contributed by atoms with Crippen molar-refractivity contribution in [1.82, 2.24) is 15.0 Å². The topological polar surface area (TPSA) is 73.9 Å². The maximum absolute atomic E-state index is 5.60. The molecule has 2 aromatic rings. The predicted molar refractivity (Wildman–Crippen MR) is 64.7 cm³/mol. The fraction of sp³-hybridized carbons (Fsp3) is 0.250. The molecular weight excluding hydrogens is 216 g/mol. The van der Waals surface area contributed by atoms with Crippen LogP contribution in [-0.2, 0) is 6.42 Å². The molecule has 0 bridgehead atoms. The summed E-state index contributed by atoms with van der Waals surface area (Å²) in [5.74, 6) is 0.807. The van der Waals surface area contributed by atoms with E-state index in [4.69, 9.17) is 10.5 Å². The second kappa shape index (κ2) is 5.25. The molecule has 0 spiro atoms. The predicted octanol–water partition coefficient (Wildman–Crippen LogP) is 1.44. The zero-order valence-corrected chi connectivity index (χ0v) is 9.63. The summed E-state index contributed by atoms with van der Waals surface area (Å²) in [5.41, 5.74) is 6.73. The Kier molecular flexibility index (Phi) is 3.49. The number of anilines is 1. The third-order valence-electron chi connectivity index (χ3n) is 2.16. The van der Waals surface area contributed by atoms with Gasteiger partial charge < -0.3 is 10.5 Å². The Hall–Kier alpha value is -2.17. The Balaban J connectivity index is 2.21. The number of rotatable bonds is 4. The summed E-state index contributed by atoms with van der Waals surface area (Å²) in [6.45, 7) is 2.38. The molecule has 0 aliphatic rings. The van der Waals surface area contributed by atoms with Crippen molar-refractivity contribution in [1.29, 1.82) is 0 Å². The molecule has 0 aliphatic carbocycles. The first-order chi connectivity index (χ1) is 8.28. The van der Waals surface area contributed by atoms with Gasteiger partial charge in [-0.15, -0.1) is 0 Å². The van der Waals surface area contributed by atoms with Gasteiger partial charge in [-0.3, -0.25) is 0 Å². The van der Waals surface area contributed by atoms with Crippen LogP contribution >= 0.6 is 0 Å². The molecule has 5 heteroatoms. The van der Waals surface area contributed by atoms with Crippen molar-refractivity contribution in [2.45, 2.75) is 13.3 Å². The third-order valence-corrected chi connectivity index (χ3v) is 2.16. The molecular formula is C12H14N4O. The van der Waals surface area contributed by atoms with Gasteiger partial charge in [0.15, 0.2) is 0 Å². The fourth-order valence-corrected chi connectivity index (χ4v) is 1.47. The molecule has 0 amide bonds. The van der Waals surface area contributed by atoms with Crippen molar-refractivity contribution in [2.75, 3.05) is 12.3 Å². The maximum atomic E-state index is 5.60. The smallest absolute Gasteiger partial charge is 0.321 e. The Morgan fingerprint density at radius 1 is 1.12 bits per heavy atom. The van der Waals surface area contributed by atoms with E-state index in [1.165, 1.54) is 0 Å². The molecule has 2 N–H and O–H groups in total. The molecule has 0 saturated carbocycles. The number of aromatic nitrogens is 3. The van der Waals surface area contributed by atoms with Crippen LogP contribution in [-0.4, -0.2) is 21.6 Å². The lowest BCUT2D eigenvalue weighted by atomic mass is 10.1. The van der Waals surface area contributed by atoms with Crippen LogP contribution in [0.3, 0.4) is 0 Å². The normalized spacial score (nSPS) is 10.2. The number of hydrogen-bond donors (Lipinski definition) is 1. The molecule has 1 aromatic carbocycles. The van der Waals surface area contributed by atoms with Gasteiger partial charge in [0.1, 0.15) is 5.82 Å². The zero-order valence-electron chi connectivity index (χ0n) is 9.63. The fourth-order valence-electron chi connectivity index (χ4n) is 1.47. The van der Waals surface area contributed by atoms with Crippen LogP contribution < -0.4 is 10.5 Å². The molecule has 2 rings (SSSR count). The van der Waals surface area contributed by atoms with E-state index in [1.54, 1.807) is 0 Å². The first-order valence-corrected chi connectivity index (χ1v) is 5.45. The number of nitrogens with two attached hydrogens (primary N) is 1. The highest BCUT2D eigenvalue weighted by molar-refractivity contribution is 5.23. The van der Waals surface area contributed by atoms with Crippen molar-refractivity contribution < 1.29 is 4.74 Å². The summed E-state index contributed by atoms with van der Waals surface area (Å²) in [4.78, 5) is 12.2. The first kappa shape index (κ1) is 11.3. The van der Waals surface area contributed by atoms with Crippen molar-refractivity contribution in [3.8, 4) is 6.01 Å². The minimum Gasteiger partial charge on any atom is -0.464 e. The zero-order chi connectivity index (χ0) is 12.1. The first-order valence-electron chi connectivity index (χ1n) is 5.45. The maximum Gasteiger partial charge on any atom is 0.321 e. The highest BCUT2D eigenvalue weighted by Crippen LogP contribution is 2.09. The van der Waals surface area contributed by atoms with E-state index < -0.39 is 0 Å². The van der Waals surface area contributed by atoms with Gasteiger partial charge in [0.25, 0.3) is 0 Å². The number of nitrogen functional groups attached to an aromatic ring is 1. The molecule has 0 unspecified atom stereocenters. The summed E-state index contributed by atoms with van der Waals surface area (Å²) in [5, 5.41) is 0. The van der Waals surface area contributed by atoms with Crippen molar-refractivity contribution in [3.63, 3.8) is 0 Å². The lowest BCUT2D eigenvalue weighted by Crippen LogP contribution is -2.07. The number of nitrogens with zero attached hydrogens (tertiary/aromatic N) is 3. The van der Waals surface area contributed by atoms with Gasteiger partial charge in [-0.2, -0.15) is 15.0 Å². The van der Waals surface area contributed by atoms with Gasteiger partial charge in [-0.25, -0.2) is 0 Å². The molecule has 0 aliphatic heterocycles. The summed E-state index contributed by atoms with van der Waals surface area (Å²) in [6.07, 6.45) is 0.619. The van der Waals surface area contributed by atoms with Gasteiger partial charge in [0, 0.05) is 6.42 Å². The van der Waals surface area contributed by atoms with E-state index >= 15 is 0 Å². The van der Waals surface area contributed by atoms with Crippen LogP contribution in [0.5, 0.6) is 6.01 Å². The van der Waals surface area contributed by atoms with E-state index in [0.717, 1.165) is 5.56 Å². The standard InChI is InChI=1S/C12H14N4O/c1-2-17-12-15-10(14-11(13)16-12)8-9-6-4-3-5-7-9/h3-7H,2,8H2,1H3,(H2,13,14,15,16). The van der Waals surface area contributed by atoms with Gasteiger partial charge in [0.2, 0.25) is 5.95 Å². The van der Waals surface area contributed by atoms with Crippen LogP contribution in [0.15, 0.2) is 30.3 Å². The molecule has 88 valence electrons. The van der Waals surface area contributed by atoms with Crippen LogP contribution in [0.1, 0.15) is 18.3 Å². The Bertz CT molecular complexity index is 487. The highest BCUT2D eigenvalue weighted by Gasteiger charge is 2.05. The van der Waals surface area contributed by atoms with Gasteiger partial charge in [0.05, 0.1) is 6.61 Å². The van der Waals surface area contributed by atoms with Crippen LogP contribution in [0.25, 0.3) is 0 Å². The highest BCUT2D eigenvalue weighted by atomic mass is 16.5. The van der Waals surface area contributed by atoms with Gasteiger partial charge >= 0.3 is 6.01 Å². The SMILES string of the molecule is CCOc1nc(N)nc(Cc2ccccc2)n1. The van der Waals surface area contributed by atoms with Crippen LogP contribution in [0, 0.1) is 0 Å². The molecule has 0 radical (unpaired) electrons. The molecule has 5 nitrogen and oxygen atoms in total. The van der Waals surface area contributed by atoms with E-state index in [1.807, 2.05) is 37.3 Å². The second-order valence-corrected chi connectivity index (χ2v) is 3.49. The lowest BCUT2D eigenvalue weighted by Gasteiger charge is -2.04. The molecule has 1 heterocycles. The van der Waals surface area contributed by atoms with Crippen LogP contribution in [0.2, 0.25) is 0 Å². The Morgan fingerprint density at radius 3 is 2.59 bits per heavy atom. The minimum atomic E-state index is 0.189. The average Bonchev–Trinajstić information content (AvgIpc) is 2.30. The molecule has 0 fully saturated rings. The van der Waals surface area contributed by atoms with E-state index in [2.05, 4.69) is 15.0 Å². The molecule has 0 atom stereocenters. The van der Waals surface area contributed by atoms with Crippen molar-refractivity contribution >= 4 is 5.95 Å². The van der Waals surface area contributed by atoms with E-state index in [0.29, 0.717) is 18.9 Å². The van der Waals surface area contributed by atoms with Gasteiger partial charge in [-0.1, -0.05) is 30.3 Å². The summed E-state index contributed by atoms with van der Waals surface area (Å²) >= 11 is 0. The van der Waals surface area contributed by atoms with E-state index in [-0.39, 0.29) is 12.0 Å². The minimum absolute atomic E-state index is 0.189. The van der Waals surface area contributed by atoms with E-state index in [9.17, 15) is 0 Å². The second-order valence-electron chi connectivity index (χ2n) is 3.49. The molecule has 1 aromatic heterocycles. The van der Waals surface area contributed by atoms with Crippen molar-refractivity contribution in [3.05, 3.63) is 41.7 Å². The third kappa shape index (κ3) is 3.14. The molecule has 17 heavy (non-hydrogen) atoms. The van der Waals surface area contributed by atoms with Gasteiger partial charge in [-0.05, 0) is 12.5 Å². The summed E-state index contributed by atoms with van der Waals surface area (Å²) in [6, 6.07) is 10.2.